The Morgan fingerprint density at radius 2 is 1.83 bits per heavy atom. The van der Waals surface area contributed by atoms with E-state index in [2.05, 4.69) is 19.9 Å². The fourth-order valence-corrected chi connectivity index (χ4v) is 0.986. The molecule has 0 aliphatic rings. The van der Waals surface area contributed by atoms with Gasteiger partial charge in [-0.3, -0.25) is 0 Å². The number of hydrogen-bond acceptors (Lipinski definition) is 1. The summed E-state index contributed by atoms with van der Waals surface area (Å²) in [5.41, 5.74) is 2.13. The molecule has 0 aromatic heterocycles. The summed E-state index contributed by atoms with van der Waals surface area (Å²) in [6.45, 7) is 6.13. The summed E-state index contributed by atoms with van der Waals surface area (Å²) >= 11 is 0. The van der Waals surface area contributed by atoms with Crippen LogP contribution in [0.5, 0.6) is 5.75 Å². The van der Waals surface area contributed by atoms with Crippen molar-refractivity contribution in [1.82, 2.24) is 0 Å². The van der Waals surface area contributed by atoms with Crippen molar-refractivity contribution in [2.45, 2.75) is 26.7 Å². The summed E-state index contributed by atoms with van der Waals surface area (Å²) in [4.78, 5) is 0. The van der Waals surface area contributed by atoms with Gasteiger partial charge in [-0.2, -0.15) is 0 Å². The predicted octanol–water partition coefficient (Wildman–Crippen LogP) is 2.18. The van der Waals surface area contributed by atoms with E-state index in [1.807, 2.05) is 19.1 Å². The van der Waals surface area contributed by atoms with Gasteiger partial charge >= 0.3 is 29.6 Å². The van der Waals surface area contributed by atoms with E-state index in [0.717, 1.165) is 5.56 Å². The predicted molar refractivity (Wildman–Crippen MR) is 54.1 cm³/mol. The molecule has 0 saturated carbocycles. The molecule has 1 aromatic rings. The van der Waals surface area contributed by atoms with Gasteiger partial charge in [0.1, 0.15) is 5.75 Å². The van der Waals surface area contributed by atoms with Crippen LogP contribution in [0.3, 0.4) is 0 Å². The first-order valence-electron chi connectivity index (χ1n) is 3.91. The Labute approximate surface area is 96.1 Å². The minimum absolute atomic E-state index is 0. The van der Waals surface area contributed by atoms with Crippen molar-refractivity contribution < 1.29 is 5.11 Å². The number of phenols is 1. The molecule has 0 bridgehead atoms. The second-order valence-electron chi connectivity index (χ2n) is 3.20. The molecule has 1 aromatic carbocycles. The van der Waals surface area contributed by atoms with Gasteiger partial charge < -0.3 is 5.11 Å². The van der Waals surface area contributed by atoms with Gasteiger partial charge in [0.2, 0.25) is 0 Å². The molecule has 1 nitrogen and oxygen atoms in total. The van der Waals surface area contributed by atoms with E-state index < -0.39 is 0 Å². The Morgan fingerprint density at radius 1 is 1.25 bits per heavy atom. The zero-order valence-corrected chi connectivity index (χ0v) is 7.26. The van der Waals surface area contributed by atoms with Crippen LogP contribution >= 0.6 is 0 Å². The van der Waals surface area contributed by atoms with Crippen molar-refractivity contribution in [1.29, 1.82) is 0 Å². The summed E-state index contributed by atoms with van der Waals surface area (Å²) < 4.78 is 0. The SMILES string of the molecule is Cc1ccc(C(C)C)cc1O.[NaH]. The topological polar surface area (TPSA) is 20.2 Å². The van der Waals surface area contributed by atoms with Gasteiger partial charge in [0, 0.05) is 0 Å². The normalized spacial score (nSPS) is 9.67. The summed E-state index contributed by atoms with van der Waals surface area (Å²) in [6, 6.07) is 5.84. The molecule has 0 aliphatic carbocycles. The van der Waals surface area contributed by atoms with Crippen LogP contribution in [0.4, 0.5) is 0 Å². The molecular weight excluding hydrogens is 159 g/mol. The van der Waals surface area contributed by atoms with E-state index in [1.54, 1.807) is 0 Å². The van der Waals surface area contributed by atoms with Gasteiger partial charge in [0.15, 0.2) is 0 Å². The number of benzene rings is 1. The van der Waals surface area contributed by atoms with E-state index >= 15 is 0 Å². The molecule has 2 heteroatoms. The molecule has 12 heavy (non-hydrogen) atoms. The van der Waals surface area contributed by atoms with Gasteiger partial charge in [0.25, 0.3) is 0 Å². The van der Waals surface area contributed by atoms with Crippen molar-refractivity contribution in [3.05, 3.63) is 29.3 Å². The molecule has 0 fully saturated rings. The maximum atomic E-state index is 9.35. The van der Waals surface area contributed by atoms with Crippen molar-refractivity contribution >= 4 is 29.6 Å². The van der Waals surface area contributed by atoms with E-state index in [-0.39, 0.29) is 29.6 Å². The first-order chi connectivity index (χ1) is 5.11. The average molecular weight is 174 g/mol. The molecule has 0 heterocycles. The minimum atomic E-state index is 0. The van der Waals surface area contributed by atoms with Crippen LogP contribution in [0.25, 0.3) is 0 Å². The van der Waals surface area contributed by atoms with Gasteiger partial charge in [-0.15, -0.1) is 0 Å². The van der Waals surface area contributed by atoms with Crippen molar-refractivity contribution in [3.63, 3.8) is 0 Å². The summed E-state index contributed by atoms with van der Waals surface area (Å²) in [5.74, 6) is 0.887. The molecule has 1 rings (SSSR count). The van der Waals surface area contributed by atoms with Crippen LogP contribution < -0.4 is 0 Å². The number of aryl methyl sites for hydroxylation is 1. The van der Waals surface area contributed by atoms with Crippen LogP contribution in [-0.2, 0) is 0 Å². The maximum absolute atomic E-state index is 9.35. The number of aromatic hydroxyl groups is 1. The third kappa shape index (κ3) is 2.81. The molecule has 0 saturated heterocycles. The van der Waals surface area contributed by atoms with Gasteiger partial charge in [-0.05, 0) is 30.0 Å². The Balaban J connectivity index is 0.00000121. The van der Waals surface area contributed by atoms with Gasteiger partial charge in [-0.1, -0.05) is 26.0 Å². The third-order valence-corrected chi connectivity index (χ3v) is 1.90. The summed E-state index contributed by atoms with van der Waals surface area (Å²) in [6.07, 6.45) is 0. The fraction of sp³-hybridized carbons (Fsp3) is 0.400. The third-order valence-electron chi connectivity index (χ3n) is 1.90. The van der Waals surface area contributed by atoms with Crippen molar-refractivity contribution in [3.8, 4) is 5.75 Å². The molecule has 0 radical (unpaired) electrons. The average Bonchev–Trinajstić information content (AvgIpc) is 1.94. The Hall–Kier alpha value is 0.0200. The monoisotopic (exact) mass is 174 g/mol. The van der Waals surface area contributed by atoms with Crippen LogP contribution in [0, 0.1) is 6.92 Å². The second-order valence-corrected chi connectivity index (χ2v) is 3.20. The standard InChI is InChI=1S/C10H14O.Na.H/c1-7(2)9-5-4-8(3)10(11)6-9;;/h4-7,11H,1-3H3;;. The molecule has 0 unspecified atom stereocenters. The molecule has 1 N–H and O–H groups in total. The zero-order chi connectivity index (χ0) is 8.43. The number of phenolic OH excluding ortho intramolecular Hbond substituents is 1. The zero-order valence-electron chi connectivity index (χ0n) is 7.26. The fourth-order valence-electron chi connectivity index (χ4n) is 0.986. The van der Waals surface area contributed by atoms with Crippen LogP contribution in [0.1, 0.15) is 30.9 Å². The van der Waals surface area contributed by atoms with E-state index in [4.69, 9.17) is 0 Å². The van der Waals surface area contributed by atoms with E-state index in [9.17, 15) is 5.11 Å². The Kier molecular flexibility index (Phi) is 4.91. The number of rotatable bonds is 1. The number of hydrogen-bond donors (Lipinski definition) is 1. The molecular formula is C10H15NaO. The second kappa shape index (κ2) is 4.90. The van der Waals surface area contributed by atoms with Crippen LogP contribution in [0.2, 0.25) is 0 Å². The van der Waals surface area contributed by atoms with Crippen LogP contribution in [-0.4, -0.2) is 34.7 Å². The van der Waals surface area contributed by atoms with Crippen LogP contribution in [0.15, 0.2) is 18.2 Å². The Bertz CT molecular complexity index is 256. The molecule has 0 spiro atoms. The summed E-state index contributed by atoms with van der Waals surface area (Å²) in [5, 5.41) is 9.35. The van der Waals surface area contributed by atoms with E-state index in [1.165, 1.54) is 5.56 Å². The first-order valence-corrected chi connectivity index (χ1v) is 3.91. The molecule has 62 valence electrons. The first kappa shape index (κ1) is 12.0. The van der Waals surface area contributed by atoms with Gasteiger partial charge in [-0.25, -0.2) is 0 Å². The van der Waals surface area contributed by atoms with Crippen molar-refractivity contribution in [2.75, 3.05) is 0 Å². The quantitative estimate of drug-likeness (QED) is 0.647. The summed E-state index contributed by atoms with van der Waals surface area (Å²) in [7, 11) is 0. The van der Waals surface area contributed by atoms with E-state index in [0.29, 0.717) is 11.7 Å². The van der Waals surface area contributed by atoms with Gasteiger partial charge in [0.05, 0.1) is 0 Å². The molecule has 0 amide bonds. The van der Waals surface area contributed by atoms with Crippen molar-refractivity contribution in [2.24, 2.45) is 0 Å². The molecule has 0 atom stereocenters. The molecule has 0 aliphatic heterocycles. The Morgan fingerprint density at radius 3 is 2.25 bits per heavy atom.